The Kier molecular flexibility index (Phi) is 3.82. The molecule has 4 nitrogen and oxygen atoms in total. The largest absolute Gasteiger partial charge is 0.246 e. The molecule has 0 aliphatic heterocycles. The molecule has 0 heterocycles. The predicted molar refractivity (Wildman–Crippen MR) is 63.0 cm³/mol. The van der Waals surface area contributed by atoms with E-state index in [1.165, 1.54) is 32.4 Å². The van der Waals surface area contributed by atoms with Gasteiger partial charge in [-0.3, -0.25) is 0 Å². The van der Waals surface area contributed by atoms with Crippen molar-refractivity contribution in [2.75, 3.05) is 14.1 Å². The second-order valence-corrected chi connectivity index (χ2v) is 5.46. The molecule has 0 bridgehead atoms. The summed E-state index contributed by atoms with van der Waals surface area (Å²) in [7, 11) is -0.436. The molecule has 0 radical (unpaired) electrons. The minimum Gasteiger partial charge on any atom is -0.246 e. The molecule has 5 heteroatoms. The summed E-state index contributed by atoms with van der Waals surface area (Å²) in [5, 5.41) is 0. The van der Waals surface area contributed by atoms with Gasteiger partial charge >= 0.3 is 0 Å². The highest BCUT2D eigenvalue weighted by Gasteiger charge is 2.16. The number of nitrogens with zero attached hydrogens (tertiary/aromatic N) is 2. The van der Waals surface area contributed by atoms with E-state index in [2.05, 4.69) is 4.85 Å². The predicted octanol–water partition coefficient (Wildman–Crippen LogP) is 1.83. The van der Waals surface area contributed by atoms with E-state index in [0.717, 1.165) is 4.31 Å². The number of sulfonamides is 1. The third-order valence-corrected chi connectivity index (χ3v) is 3.79. The van der Waals surface area contributed by atoms with Crippen molar-refractivity contribution in [3.05, 3.63) is 47.4 Å². The molecule has 84 valence electrons. The lowest BCUT2D eigenvalue weighted by Gasteiger charge is -2.11. The zero-order valence-electron chi connectivity index (χ0n) is 9.08. The van der Waals surface area contributed by atoms with Gasteiger partial charge < -0.3 is 0 Å². The molecule has 0 fully saturated rings. The first-order valence-corrected chi connectivity index (χ1v) is 5.98. The van der Waals surface area contributed by atoms with Crippen LogP contribution < -0.4 is 0 Å². The van der Waals surface area contributed by atoms with Crippen LogP contribution in [0.3, 0.4) is 0 Å². The number of hydrogen-bond donors (Lipinski definition) is 0. The van der Waals surface area contributed by atoms with Crippen LogP contribution in [0.4, 0.5) is 0 Å². The fraction of sp³-hybridized carbons (Fsp3) is 0.182. The molecule has 1 aromatic carbocycles. The van der Waals surface area contributed by atoms with Crippen molar-refractivity contribution in [3.8, 4) is 0 Å². The van der Waals surface area contributed by atoms with Crippen LogP contribution in [0.25, 0.3) is 10.9 Å². The van der Waals surface area contributed by atoms with Gasteiger partial charge in [-0.05, 0) is 17.7 Å². The summed E-state index contributed by atoms with van der Waals surface area (Å²) >= 11 is 0. The van der Waals surface area contributed by atoms with Gasteiger partial charge in [-0.2, -0.15) is 0 Å². The van der Waals surface area contributed by atoms with Gasteiger partial charge in [-0.1, -0.05) is 18.2 Å². The molecule has 1 aromatic rings. The zero-order chi connectivity index (χ0) is 12.2. The maximum atomic E-state index is 11.8. The molecule has 0 amide bonds. The minimum atomic E-state index is -3.40. The van der Waals surface area contributed by atoms with E-state index in [0.29, 0.717) is 5.56 Å². The molecule has 16 heavy (non-hydrogen) atoms. The van der Waals surface area contributed by atoms with Gasteiger partial charge in [-0.25, -0.2) is 17.6 Å². The van der Waals surface area contributed by atoms with Crippen molar-refractivity contribution < 1.29 is 8.42 Å². The number of hydrogen-bond acceptors (Lipinski definition) is 2. The van der Waals surface area contributed by atoms with Crippen LogP contribution in [-0.2, 0) is 10.0 Å². The highest BCUT2D eigenvalue weighted by Crippen LogP contribution is 2.15. The van der Waals surface area contributed by atoms with Gasteiger partial charge in [0.15, 0.2) is 6.20 Å². The SMILES string of the molecule is [C-]#[N+]C=Cc1cccc(S(=O)(=O)N(C)C)c1. The molecular weight excluding hydrogens is 224 g/mol. The molecular formula is C11H12N2O2S. The Hall–Kier alpha value is -1.64. The van der Waals surface area contributed by atoms with Crippen LogP contribution in [0.1, 0.15) is 5.56 Å². The van der Waals surface area contributed by atoms with Gasteiger partial charge in [0, 0.05) is 14.1 Å². The minimum absolute atomic E-state index is 0.227. The van der Waals surface area contributed by atoms with E-state index >= 15 is 0 Å². The maximum absolute atomic E-state index is 11.8. The van der Waals surface area contributed by atoms with Crippen molar-refractivity contribution >= 4 is 16.1 Å². The molecule has 0 aliphatic rings. The molecule has 0 spiro atoms. The van der Waals surface area contributed by atoms with E-state index in [1.54, 1.807) is 18.2 Å². The highest BCUT2D eigenvalue weighted by atomic mass is 32.2. The van der Waals surface area contributed by atoms with E-state index in [9.17, 15) is 8.42 Å². The number of rotatable bonds is 3. The van der Waals surface area contributed by atoms with Crippen molar-refractivity contribution in [1.82, 2.24) is 4.31 Å². The molecule has 0 aliphatic carbocycles. The smallest absolute Gasteiger partial charge is 0.242 e. The van der Waals surface area contributed by atoms with Crippen LogP contribution in [0, 0.1) is 6.57 Å². The van der Waals surface area contributed by atoms with Gasteiger partial charge in [0.05, 0.1) is 11.5 Å². The van der Waals surface area contributed by atoms with Gasteiger partial charge in [-0.15, -0.1) is 0 Å². The summed E-state index contributed by atoms with van der Waals surface area (Å²) in [6.45, 7) is 6.61. The van der Waals surface area contributed by atoms with Crippen molar-refractivity contribution in [1.29, 1.82) is 0 Å². The average Bonchev–Trinajstić information content (AvgIpc) is 2.26. The number of benzene rings is 1. The Bertz CT molecular complexity index is 539. The second kappa shape index (κ2) is 4.92. The monoisotopic (exact) mass is 236 g/mol. The summed E-state index contributed by atoms with van der Waals surface area (Å²) in [6, 6.07) is 6.47. The quantitative estimate of drug-likeness (QED) is 0.751. The summed E-state index contributed by atoms with van der Waals surface area (Å²) < 4.78 is 24.8. The van der Waals surface area contributed by atoms with Gasteiger partial charge in [0.1, 0.15) is 0 Å². The fourth-order valence-corrected chi connectivity index (χ4v) is 2.07. The van der Waals surface area contributed by atoms with Crippen LogP contribution in [0.5, 0.6) is 0 Å². The lowest BCUT2D eigenvalue weighted by atomic mass is 10.2. The first-order valence-electron chi connectivity index (χ1n) is 4.54. The van der Waals surface area contributed by atoms with E-state index < -0.39 is 10.0 Å². The Morgan fingerprint density at radius 1 is 1.38 bits per heavy atom. The van der Waals surface area contributed by atoms with Crippen LogP contribution in [-0.4, -0.2) is 26.8 Å². The average molecular weight is 236 g/mol. The van der Waals surface area contributed by atoms with Crippen molar-refractivity contribution in [2.24, 2.45) is 0 Å². The van der Waals surface area contributed by atoms with E-state index in [1.807, 2.05) is 0 Å². The van der Waals surface area contributed by atoms with Crippen molar-refractivity contribution in [3.63, 3.8) is 0 Å². The third kappa shape index (κ3) is 2.69. The van der Waals surface area contributed by atoms with E-state index in [-0.39, 0.29) is 4.90 Å². The standard InChI is InChI=1S/C11H12N2O2S/c1-12-8-7-10-5-4-6-11(9-10)16(14,15)13(2)3/h4-9H,2-3H3. The lowest BCUT2D eigenvalue weighted by Crippen LogP contribution is -2.22. The maximum Gasteiger partial charge on any atom is 0.242 e. The van der Waals surface area contributed by atoms with Crippen LogP contribution in [0.2, 0.25) is 0 Å². The molecule has 0 saturated carbocycles. The Labute approximate surface area is 95.7 Å². The Balaban J connectivity index is 3.19. The van der Waals surface area contributed by atoms with Crippen LogP contribution in [0.15, 0.2) is 35.4 Å². The van der Waals surface area contributed by atoms with Crippen LogP contribution >= 0.6 is 0 Å². The Morgan fingerprint density at radius 2 is 2.06 bits per heavy atom. The molecule has 1 rings (SSSR count). The molecule has 0 aromatic heterocycles. The molecule has 0 N–H and O–H groups in total. The molecule has 0 atom stereocenters. The Morgan fingerprint density at radius 3 is 2.62 bits per heavy atom. The summed E-state index contributed by atoms with van der Waals surface area (Å²) in [6.07, 6.45) is 2.86. The topological polar surface area (TPSA) is 41.7 Å². The van der Waals surface area contributed by atoms with Gasteiger partial charge in [0.2, 0.25) is 10.0 Å². The summed E-state index contributed by atoms with van der Waals surface area (Å²) in [5.74, 6) is 0. The van der Waals surface area contributed by atoms with Crippen molar-refractivity contribution in [2.45, 2.75) is 4.90 Å². The summed E-state index contributed by atoms with van der Waals surface area (Å²) in [5.41, 5.74) is 0.693. The lowest BCUT2D eigenvalue weighted by molar-refractivity contribution is 0.520. The molecule has 0 unspecified atom stereocenters. The zero-order valence-corrected chi connectivity index (χ0v) is 9.90. The first kappa shape index (κ1) is 12.4. The highest BCUT2D eigenvalue weighted by molar-refractivity contribution is 7.89. The third-order valence-electron chi connectivity index (χ3n) is 1.98. The normalized spacial score (nSPS) is 11.9. The second-order valence-electron chi connectivity index (χ2n) is 3.30. The van der Waals surface area contributed by atoms with Gasteiger partial charge in [0.25, 0.3) is 0 Å². The molecule has 0 saturated heterocycles. The summed E-state index contributed by atoms with van der Waals surface area (Å²) in [4.78, 5) is 3.29. The fourth-order valence-electron chi connectivity index (χ4n) is 1.11. The first-order chi connectivity index (χ1) is 7.48. The van der Waals surface area contributed by atoms with E-state index in [4.69, 9.17) is 6.57 Å².